The highest BCUT2D eigenvalue weighted by Gasteiger charge is 2.22. The first-order valence-corrected chi connectivity index (χ1v) is 6.57. The Morgan fingerprint density at radius 1 is 1.37 bits per heavy atom. The molecule has 4 heteroatoms. The zero-order valence-electron chi connectivity index (χ0n) is 11.1. The van der Waals surface area contributed by atoms with E-state index in [9.17, 15) is 4.79 Å². The molecule has 1 aromatic carbocycles. The van der Waals surface area contributed by atoms with E-state index < -0.39 is 0 Å². The number of amides is 1. The summed E-state index contributed by atoms with van der Waals surface area (Å²) in [5, 5.41) is 11.9. The first-order valence-electron chi connectivity index (χ1n) is 6.57. The van der Waals surface area contributed by atoms with Crippen molar-refractivity contribution in [3.05, 3.63) is 29.8 Å². The van der Waals surface area contributed by atoms with Gasteiger partial charge in [0.25, 0.3) is 5.91 Å². The Balaban J connectivity index is 1.92. The summed E-state index contributed by atoms with van der Waals surface area (Å²) in [4.78, 5) is 12.1. The van der Waals surface area contributed by atoms with Gasteiger partial charge >= 0.3 is 0 Å². The Morgan fingerprint density at radius 3 is 2.74 bits per heavy atom. The average molecular weight is 258 g/mol. The van der Waals surface area contributed by atoms with Gasteiger partial charge in [0.2, 0.25) is 0 Å². The van der Waals surface area contributed by atoms with Crippen LogP contribution in [0.4, 0.5) is 0 Å². The fraction of sp³-hybridized carbons (Fsp3) is 0.467. The number of methoxy groups -OCH3 is 1. The molecule has 19 heavy (non-hydrogen) atoms. The standard InChI is InChI=1S/C15H18N2O2/c1-19-14-4-2-3-12(9-14)15(18)17-13-7-5-11(10-16)6-8-13/h2-4,9,11,13H,5-8H2,1H3,(H,17,18). The van der Waals surface area contributed by atoms with E-state index in [1.165, 1.54) is 0 Å². The molecule has 0 heterocycles. The molecule has 0 bridgehead atoms. The van der Waals surface area contributed by atoms with Crippen LogP contribution in [0.1, 0.15) is 36.0 Å². The summed E-state index contributed by atoms with van der Waals surface area (Å²) >= 11 is 0. The lowest BCUT2D eigenvalue weighted by atomic mass is 9.87. The molecular weight excluding hydrogens is 240 g/mol. The fourth-order valence-corrected chi connectivity index (χ4v) is 2.40. The smallest absolute Gasteiger partial charge is 0.251 e. The van der Waals surface area contributed by atoms with Gasteiger partial charge in [0, 0.05) is 17.5 Å². The summed E-state index contributed by atoms with van der Waals surface area (Å²) in [5.74, 6) is 0.769. The van der Waals surface area contributed by atoms with Gasteiger partial charge in [-0.3, -0.25) is 4.79 Å². The van der Waals surface area contributed by atoms with E-state index in [-0.39, 0.29) is 17.9 Å². The van der Waals surface area contributed by atoms with Gasteiger partial charge < -0.3 is 10.1 Å². The van der Waals surface area contributed by atoms with Crippen LogP contribution in [0.15, 0.2) is 24.3 Å². The van der Waals surface area contributed by atoms with E-state index in [2.05, 4.69) is 11.4 Å². The third kappa shape index (κ3) is 3.47. The van der Waals surface area contributed by atoms with Gasteiger partial charge in [-0.2, -0.15) is 5.26 Å². The molecule has 1 amide bonds. The van der Waals surface area contributed by atoms with Crippen LogP contribution in [0.5, 0.6) is 5.75 Å². The molecule has 1 N–H and O–H groups in total. The summed E-state index contributed by atoms with van der Waals surface area (Å²) in [6, 6.07) is 9.61. The maximum absolute atomic E-state index is 12.1. The molecule has 0 spiro atoms. The molecule has 100 valence electrons. The van der Waals surface area contributed by atoms with Gasteiger partial charge in [0.05, 0.1) is 13.2 Å². The van der Waals surface area contributed by atoms with Crippen molar-refractivity contribution in [1.82, 2.24) is 5.32 Å². The first-order chi connectivity index (χ1) is 9.22. The SMILES string of the molecule is COc1cccc(C(=O)NC2CCC(C#N)CC2)c1. The molecule has 1 aliphatic carbocycles. The second-order valence-electron chi connectivity index (χ2n) is 4.88. The summed E-state index contributed by atoms with van der Waals surface area (Å²) in [5.41, 5.74) is 0.613. The molecule has 0 radical (unpaired) electrons. The topological polar surface area (TPSA) is 62.1 Å². The Bertz CT molecular complexity index is 485. The van der Waals surface area contributed by atoms with Crippen LogP contribution in [-0.4, -0.2) is 19.1 Å². The molecule has 2 rings (SSSR count). The number of rotatable bonds is 3. The second-order valence-corrected chi connectivity index (χ2v) is 4.88. The normalized spacial score (nSPS) is 22.3. The number of nitriles is 1. The van der Waals surface area contributed by atoms with E-state index >= 15 is 0 Å². The lowest BCUT2D eigenvalue weighted by Crippen LogP contribution is -2.37. The number of nitrogens with zero attached hydrogens (tertiary/aromatic N) is 1. The maximum atomic E-state index is 12.1. The van der Waals surface area contributed by atoms with E-state index in [1.54, 1.807) is 25.3 Å². The summed E-state index contributed by atoms with van der Waals surface area (Å²) in [7, 11) is 1.58. The number of carbonyl (C=O) groups excluding carboxylic acids is 1. The van der Waals surface area contributed by atoms with Gasteiger partial charge in [0.15, 0.2) is 0 Å². The number of nitrogens with one attached hydrogen (secondary N) is 1. The molecule has 1 fully saturated rings. The third-order valence-electron chi connectivity index (χ3n) is 3.58. The Morgan fingerprint density at radius 2 is 2.11 bits per heavy atom. The largest absolute Gasteiger partial charge is 0.497 e. The maximum Gasteiger partial charge on any atom is 0.251 e. The molecule has 0 unspecified atom stereocenters. The van der Waals surface area contributed by atoms with E-state index in [4.69, 9.17) is 10.00 Å². The fourth-order valence-electron chi connectivity index (χ4n) is 2.40. The highest BCUT2D eigenvalue weighted by molar-refractivity contribution is 5.94. The third-order valence-corrected chi connectivity index (χ3v) is 3.58. The average Bonchev–Trinajstić information content (AvgIpc) is 2.48. The minimum Gasteiger partial charge on any atom is -0.497 e. The second kappa shape index (κ2) is 6.24. The summed E-state index contributed by atoms with van der Waals surface area (Å²) in [6.07, 6.45) is 3.51. The van der Waals surface area contributed by atoms with Crippen molar-refractivity contribution in [2.75, 3.05) is 7.11 Å². The Labute approximate surface area is 113 Å². The molecule has 0 aromatic heterocycles. The van der Waals surface area contributed by atoms with Crippen molar-refractivity contribution in [3.8, 4) is 11.8 Å². The van der Waals surface area contributed by atoms with Crippen LogP contribution in [0.25, 0.3) is 0 Å². The highest BCUT2D eigenvalue weighted by atomic mass is 16.5. The van der Waals surface area contributed by atoms with E-state index in [0.717, 1.165) is 25.7 Å². The van der Waals surface area contributed by atoms with Crippen LogP contribution < -0.4 is 10.1 Å². The first kappa shape index (κ1) is 13.4. The quantitative estimate of drug-likeness (QED) is 0.906. The minimum absolute atomic E-state index is 0.0701. The van der Waals surface area contributed by atoms with Crippen molar-refractivity contribution in [3.63, 3.8) is 0 Å². The van der Waals surface area contributed by atoms with Gasteiger partial charge in [0.1, 0.15) is 5.75 Å². The molecule has 1 aromatic rings. The van der Waals surface area contributed by atoms with Crippen molar-refractivity contribution < 1.29 is 9.53 Å². The molecule has 0 saturated heterocycles. The van der Waals surface area contributed by atoms with Crippen LogP contribution in [0.3, 0.4) is 0 Å². The summed E-state index contributed by atoms with van der Waals surface area (Å²) in [6.45, 7) is 0. The van der Waals surface area contributed by atoms with Crippen molar-refractivity contribution in [2.24, 2.45) is 5.92 Å². The molecule has 0 atom stereocenters. The van der Waals surface area contributed by atoms with E-state index in [0.29, 0.717) is 11.3 Å². The monoisotopic (exact) mass is 258 g/mol. The predicted octanol–water partition coefficient (Wildman–Crippen LogP) is 2.51. The number of ether oxygens (including phenoxy) is 1. The van der Waals surface area contributed by atoms with Gasteiger partial charge in [-0.25, -0.2) is 0 Å². The molecule has 4 nitrogen and oxygen atoms in total. The van der Waals surface area contributed by atoms with Crippen LogP contribution in [-0.2, 0) is 0 Å². The predicted molar refractivity (Wildman–Crippen MR) is 71.8 cm³/mol. The van der Waals surface area contributed by atoms with Crippen molar-refractivity contribution >= 4 is 5.91 Å². The molecule has 1 aliphatic rings. The number of carbonyl (C=O) groups is 1. The molecule has 1 saturated carbocycles. The van der Waals surface area contributed by atoms with Gasteiger partial charge in [-0.05, 0) is 43.9 Å². The van der Waals surface area contributed by atoms with Crippen LogP contribution in [0, 0.1) is 17.2 Å². The number of hydrogen-bond donors (Lipinski definition) is 1. The lowest BCUT2D eigenvalue weighted by molar-refractivity contribution is 0.0924. The number of benzene rings is 1. The van der Waals surface area contributed by atoms with Gasteiger partial charge in [-0.1, -0.05) is 6.07 Å². The minimum atomic E-state index is -0.0701. The zero-order chi connectivity index (χ0) is 13.7. The lowest BCUT2D eigenvalue weighted by Gasteiger charge is -2.25. The van der Waals surface area contributed by atoms with E-state index in [1.807, 2.05) is 6.07 Å². The highest BCUT2D eigenvalue weighted by Crippen LogP contribution is 2.23. The zero-order valence-corrected chi connectivity index (χ0v) is 11.1. The Kier molecular flexibility index (Phi) is 4.40. The number of hydrogen-bond acceptors (Lipinski definition) is 3. The van der Waals surface area contributed by atoms with Crippen LogP contribution >= 0.6 is 0 Å². The molecular formula is C15H18N2O2. The van der Waals surface area contributed by atoms with Gasteiger partial charge in [-0.15, -0.1) is 0 Å². The van der Waals surface area contributed by atoms with Crippen LogP contribution in [0.2, 0.25) is 0 Å². The molecule has 0 aliphatic heterocycles. The van der Waals surface area contributed by atoms with Crippen molar-refractivity contribution in [1.29, 1.82) is 5.26 Å². The Hall–Kier alpha value is -2.02. The van der Waals surface area contributed by atoms with Crippen molar-refractivity contribution in [2.45, 2.75) is 31.7 Å². The summed E-state index contributed by atoms with van der Waals surface area (Å²) < 4.78 is 5.11.